The maximum absolute atomic E-state index is 2.38. The number of allylic oxidation sites excluding steroid dienone is 4. The van der Waals surface area contributed by atoms with Crippen molar-refractivity contribution in [1.82, 2.24) is 0 Å². The summed E-state index contributed by atoms with van der Waals surface area (Å²) in [6.07, 6.45) is 10.8. The molecule has 0 saturated carbocycles. The Balaban J connectivity index is 0.00000109. The molecule has 0 radical (unpaired) electrons. The minimum Gasteiger partial charge on any atom is -0.314 e. The van der Waals surface area contributed by atoms with Gasteiger partial charge < -0.3 is 4.90 Å². The molecule has 0 unspecified atom stereocenters. The molecule has 1 heteroatoms. The number of hydrogen-bond donors (Lipinski definition) is 0. The number of unbranched alkanes of at least 4 members (excludes halogenated alkanes) is 1. The summed E-state index contributed by atoms with van der Waals surface area (Å²) in [5, 5.41) is 0. The second kappa shape index (κ2) is 10.6. The summed E-state index contributed by atoms with van der Waals surface area (Å²) in [5.41, 5.74) is 5.44. The largest absolute Gasteiger partial charge is 0.314 e. The summed E-state index contributed by atoms with van der Waals surface area (Å²) >= 11 is 0. The molecule has 1 nitrogen and oxygen atoms in total. The third-order valence-electron chi connectivity index (χ3n) is 4.38. The molecule has 0 amide bonds. The molecule has 1 aliphatic carbocycles. The molecular formula is C24H31N. The van der Waals surface area contributed by atoms with Gasteiger partial charge in [0.2, 0.25) is 0 Å². The van der Waals surface area contributed by atoms with E-state index in [2.05, 4.69) is 84.6 Å². The summed E-state index contributed by atoms with van der Waals surface area (Å²) in [6.45, 7) is 6.26. The van der Waals surface area contributed by atoms with Crippen LogP contribution in [0.5, 0.6) is 0 Å². The lowest BCUT2D eigenvalue weighted by Crippen LogP contribution is -2.17. The van der Waals surface area contributed by atoms with E-state index < -0.39 is 0 Å². The lowest BCUT2D eigenvalue weighted by molar-refractivity contribution is 0.737. The highest BCUT2D eigenvalue weighted by molar-refractivity contribution is 5.68. The average molecular weight is 334 g/mol. The number of rotatable bonds is 6. The third-order valence-corrected chi connectivity index (χ3v) is 4.38. The molecule has 3 rings (SSSR count). The normalized spacial score (nSPS) is 13.2. The predicted octanol–water partition coefficient (Wildman–Crippen LogP) is 7.65. The van der Waals surface area contributed by atoms with E-state index in [-0.39, 0.29) is 0 Å². The topological polar surface area (TPSA) is 3.24 Å². The minimum atomic E-state index is 1.11. The van der Waals surface area contributed by atoms with E-state index in [4.69, 9.17) is 0 Å². The maximum atomic E-state index is 2.38. The first kappa shape index (κ1) is 19.1. The van der Waals surface area contributed by atoms with Gasteiger partial charge in [-0.1, -0.05) is 75.2 Å². The summed E-state index contributed by atoms with van der Waals surface area (Å²) in [4.78, 5) is 2.38. The van der Waals surface area contributed by atoms with Crippen LogP contribution in [0, 0.1) is 0 Å². The van der Waals surface area contributed by atoms with Crippen LogP contribution in [0.15, 0.2) is 84.1 Å². The number of hydrogen-bond acceptors (Lipinski definition) is 1. The fourth-order valence-corrected chi connectivity index (χ4v) is 3.10. The Labute approximate surface area is 153 Å². The van der Waals surface area contributed by atoms with E-state index in [1.807, 2.05) is 13.8 Å². The summed E-state index contributed by atoms with van der Waals surface area (Å²) in [6, 6.07) is 21.3. The SMILES string of the molecule is CC.CCCCC1=CC=C(N(c2ccccc2)c2ccccc2)CC1. The van der Waals surface area contributed by atoms with Gasteiger partial charge >= 0.3 is 0 Å². The first-order chi connectivity index (χ1) is 12.4. The van der Waals surface area contributed by atoms with Crippen LogP contribution >= 0.6 is 0 Å². The van der Waals surface area contributed by atoms with Crippen molar-refractivity contribution in [3.63, 3.8) is 0 Å². The number of nitrogens with zero attached hydrogens (tertiary/aromatic N) is 1. The minimum absolute atomic E-state index is 1.11. The first-order valence-electron chi connectivity index (χ1n) is 9.67. The van der Waals surface area contributed by atoms with Crippen LogP contribution < -0.4 is 4.90 Å². The van der Waals surface area contributed by atoms with E-state index >= 15 is 0 Å². The Morgan fingerprint density at radius 1 is 0.760 bits per heavy atom. The van der Waals surface area contributed by atoms with Gasteiger partial charge in [-0.05, 0) is 56.0 Å². The van der Waals surface area contributed by atoms with Crippen molar-refractivity contribution >= 4 is 11.4 Å². The first-order valence-corrected chi connectivity index (χ1v) is 9.67. The van der Waals surface area contributed by atoms with Crippen LogP contribution in [-0.2, 0) is 0 Å². The van der Waals surface area contributed by atoms with Gasteiger partial charge in [0, 0.05) is 17.1 Å². The van der Waals surface area contributed by atoms with Crippen LogP contribution in [0.2, 0.25) is 0 Å². The number of para-hydroxylation sites is 2. The Bertz CT molecular complexity index is 628. The van der Waals surface area contributed by atoms with Crippen molar-refractivity contribution in [2.24, 2.45) is 0 Å². The Morgan fingerprint density at radius 2 is 1.32 bits per heavy atom. The zero-order valence-electron chi connectivity index (χ0n) is 15.9. The fourth-order valence-electron chi connectivity index (χ4n) is 3.10. The number of anilines is 2. The van der Waals surface area contributed by atoms with E-state index in [1.54, 1.807) is 5.57 Å². The quantitative estimate of drug-likeness (QED) is 0.525. The van der Waals surface area contributed by atoms with E-state index in [0.29, 0.717) is 0 Å². The second-order valence-corrected chi connectivity index (χ2v) is 6.09. The Morgan fingerprint density at radius 3 is 1.76 bits per heavy atom. The molecule has 0 bridgehead atoms. The van der Waals surface area contributed by atoms with Crippen molar-refractivity contribution in [2.45, 2.75) is 52.9 Å². The molecule has 0 saturated heterocycles. The molecule has 0 atom stereocenters. The summed E-state index contributed by atoms with van der Waals surface area (Å²) < 4.78 is 0. The molecule has 0 aliphatic heterocycles. The van der Waals surface area contributed by atoms with Crippen LogP contribution in [0.4, 0.5) is 11.4 Å². The number of benzene rings is 2. The summed E-state index contributed by atoms with van der Waals surface area (Å²) in [7, 11) is 0. The monoisotopic (exact) mass is 333 g/mol. The van der Waals surface area contributed by atoms with Crippen LogP contribution in [0.1, 0.15) is 52.9 Å². The van der Waals surface area contributed by atoms with E-state index in [9.17, 15) is 0 Å². The van der Waals surface area contributed by atoms with Gasteiger partial charge in [-0.2, -0.15) is 0 Å². The van der Waals surface area contributed by atoms with Gasteiger partial charge in [-0.15, -0.1) is 0 Å². The predicted molar refractivity (Wildman–Crippen MR) is 111 cm³/mol. The molecule has 0 spiro atoms. The molecule has 1 aliphatic rings. The van der Waals surface area contributed by atoms with Crippen molar-refractivity contribution in [3.8, 4) is 0 Å². The van der Waals surface area contributed by atoms with Crippen molar-refractivity contribution in [1.29, 1.82) is 0 Å². The smallest absolute Gasteiger partial charge is 0.0458 e. The van der Waals surface area contributed by atoms with Crippen molar-refractivity contribution < 1.29 is 0 Å². The van der Waals surface area contributed by atoms with Crippen LogP contribution in [-0.4, -0.2) is 0 Å². The third kappa shape index (κ3) is 5.35. The molecule has 0 fully saturated rings. The lowest BCUT2D eigenvalue weighted by Gasteiger charge is -2.29. The molecule has 25 heavy (non-hydrogen) atoms. The van der Waals surface area contributed by atoms with Gasteiger partial charge in [0.15, 0.2) is 0 Å². The zero-order valence-corrected chi connectivity index (χ0v) is 15.9. The highest BCUT2D eigenvalue weighted by Gasteiger charge is 2.16. The van der Waals surface area contributed by atoms with Crippen LogP contribution in [0.3, 0.4) is 0 Å². The Kier molecular flexibility index (Phi) is 8.04. The standard InChI is InChI=1S/C22H25N.C2H6/c1-2-3-10-19-15-17-22(18-16-19)23(20-11-6-4-7-12-20)21-13-8-5-9-14-21;1-2/h4-9,11-15,17H,2-3,10,16,18H2,1H3;1-2H3. The highest BCUT2D eigenvalue weighted by atomic mass is 15.1. The van der Waals surface area contributed by atoms with Gasteiger partial charge in [0.1, 0.15) is 0 Å². The molecule has 0 aromatic heterocycles. The molecule has 132 valence electrons. The van der Waals surface area contributed by atoms with E-state index in [0.717, 1.165) is 6.42 Å². The fraction of sp³-hybridized carbons (Fsp3) is 0.333. The lowest BCUT2D eigenvalue weighted by atomic mass is 9.97. The van der Waals surface area contributed by atoms with Crippen molar-refractivity contribution in [2.75, 3.05) is 4.90 Å². The molecule has 0 heterocycles. The molecule has 0 N–H and O–H groups in total. The summed E-state index contributed by atoms with van der Waals surface area (Å²) in [5.74, 6) is 0. The second-order valence-electron chi connectivity index (χ2n) is 6.09. The Hall–Kier alpha value is -2.28. The average Bonchev–Trinajstić information content (AvgIpc) is 2.71. The zero-order chi connectivity index (χ0) is 17.9. The highest BCUT2D eigenvalue weighted by Crippen LogP contribution is 2.34. The molecular weight excluding hydrogens is 302 g/mol. The van der Waals surface area contributed by atoms with Crippen LogP contribution in [0.25, 0.3) is 0 Å². The van der Waals surface area contributed by atoms with Gasteiger partial charge in [0.05, 0.1) is 0 Å². The maximum Gasteiger partial charge on any atom is 0.0458 e. The van der Waals surface area contributed by atoms with Crippen molar-refractivity contribution in [3.05, 3.63) is 84.1 Å². The molecule has 2 aromatic rings. The molecule has 2 aromatic carbocycles. The van der Waals surface area contributed by atoms with E-state index in [1.165, 1.54) is 42.8 Å². The van der Waals surface area contributed by atoms with Gasteiger partial charge in [0.25, 0.3) is 0 Å². The van der Waals surface area contributed by atoms with Gasteiger partial charge in [-0.3, -0.25) is 0 Å². The van der Waals surface area contributed by atoms with Gasteiger partial charge in [-0.25, -0.2) is 0 Å².